The number of aromatic nitrogens is 1. The fraction of sp³-hybridized carbons (Fsp3) is 0.667. The molecule has 1 aromatic rings. The first kappa shape index (κ1) is 5.74. The summed E-state index contributed by atoms with van der Waals surface area (Å²) in [6, 6.07) is 0. The molecule has 1 fully saturated rings. The van der Waals surface area contributed by atoms with E-state index >= 15 is 0 Å². The molecule has 0 aromatic carbocycles. The molecule has 0 aliphatic carbocycles. The SMILES string of the molecule is [2H]c1[nH]c(C([2H])([2H])[2H])c(B2OC(C)(C)C(C)(C)O2)c1C([2H])([2H])[2H]. The zero-order chi connectivity index (χ0) is 18.0. The summed E-state index contributed by atoms with van der Waals surface area (Å²) in [6.45, 7) is 1.86. The van der Waals surface area contributed by atoms with E-state index in [1.807, 2.05) is 0 Å². The first-order chi connectivity index (χ1) is 10.1. The third-order valence-electron chi connectivity index (χ3n) is 3.34. The molecule has 0 saturated carbocycles. The first-order valence-electron chi connectivity index (χ1n) is 8.67. The van der Waals surface area contributed by atoms with Crippen molar-refractivity contribution in [1.82, 2.24) is 4.98 Å². The van der Waals surface area contributed by atoms with Crippen LogP contribution in [0.25, 0.3) is 0 Å². The Morgan fingerprint density at radius 2 is 1.88 bits per heavy atom. The lowest BCUT2D eigenvalue weighted by Crippen LogP contribution is -2.41. The van der Waals surface area contributed by atoms with Gasteiger partial charge in [0.05, 0.1) is 12.6 Å². The summed E-state index contributed by atoms with van der Waals surface area (Å²) in [5, 5.41) is 0. The van der Waals surface area contributed by atoms with Gasteiger partial charge in [0.25, 0.3) is 0 Å². The van der Waals surface area contributed by atoms with Crippen LogP contribution in [0.3, 0.4) is 0 Å². The van der Waals surface area contributed by atoms with Gasteiger partial charge in [-0.1, -0.05) is 0 Å². The van der Waals surface area contributed by atoms with Crippen molar-refractivity contribution >= 4 is 12.6 Å². The molecule has 2 heterocycles. The van der Waals surface area contributed by atoms with Gasteiger partial charge in [-0.3, -0.25) is 0 Å². The minimum absolute atomic E-state index is 0.117. The van der Waals surface area contributed by atoms with E-state index in [9.17, 15) is 0 Å². The van der Waals surface area contributed by atoms with E-state index in [-0.39, 0.29) is 16.7 Å². The lowest BCUT2D eigenvalue weighted by atomic mass is 9.77. The Hall–Kier alpha value is -0.735. The summed E-state index contributed by atoms with van der Waals surface area (Å²) in [6.07, 6.45) is -0.458. The Kier molecular flexibility index (Phi) is 1.21. The highest BCUT2D eigenvalue weighted by atomic mass is 16.7. The lowest BCUT2D eigenvalue weighted by molar-refractivity contribution is 0.00578. The maximum absolute atomic E-state index is 7.85. The van der Waals surface area contributed by atoms with Crippen LogP contribution >= 0.6 is 0 Å². The molecule has 1 aromatic heterocycles. The molecule has 4 heteroatoms. The minimum Gasteiger partial charge on any atom is -0.399 e. The highest BCUT2D eigenvalue weighted by Gasteiger charge is 2.52. The Labute approximate surface area is 108 Å². The first-order valence-corrected chi connectivity index (χ1v) is 5.17. The van der Waals surface area contributed by atoms with Gasteiger partial charge in [0, 0.05) is 25.6 Å². The average molecular weight is 228 g/mol. The summed E-state index contributed by atoms with van der Waals surface area (Å²) in [5.74, 6) is 0. The molecule has 1 N–H and O–H groups in total. The molecule has 1 aliphatic heterocycles. The third-order valence-corrected chi connectivity index (χ3v) is 3.34. The molecular weight excluding hydrogens is 201 g/mol. The predicted octanol–water partition coefficient (Wildman–Crippen LogP) is 1.93. The Balaban J connectivity index is 2.66. The molecular formula is C12H20BNO2. The van der Waals surface area contributed by atoms with E-state index in [0.717, 1.165) is 0 Å². The molecule has 0 amide bonds. The molecule has 1 saturated heterocycles. The maximum atomic E-state index is 7.85. The van der Waals surface area contributed by atoms with Gasteiger partial charge in [0.1, 0.15) is 0 Å². The number of nitrogens with one attached hydrogen (secondary N) is 1. The molecule has 16 heavy (non-hydrogen) atoms. The van der Waals surface area contributed by atoms with E-state index in [0.29, 0.717) is 0 Å². The molecule has 2 rings (SSSR count). The summed E-state index contributed by atoms with van der Waals surface area (Å²) in [4.78, 5) is 2.38. The zero-order valence-corrected chi connectivity index (χ0v) is 9.89. The van der Waals surface area contributed by atoms with Gasteiger partial charge >= 0.3 is 7.12 Å². The van der Waals surface area contributed by atoms with Crippen molar-refractivity contribution in [3.8, 4) is 0 Å². The summed E-state index contributed by atoms with van der Waals surface area (Å²) in [7, 11) is -1.17. The quantitative estimate of drug-likeness (QED) is 0.745. The van der Waals surface area contributed by atoms with Crippen LogP contribution in [-0.4, -0.2) is 23.3 Å². The van der Waals surface area contributed by atoms with Gasteiger partial charge in [-0.05, 0) is 47.0 Å². The highest BCUT2D eigenvalue weighted by molar-refractivity contribution is 6.63. The number of aryl methyl sites for hydroxylation is 1. The minimum atomic E-state index is -2.66. The summed E-state index contributed by atoms with van der Waals surface area (Å²) in [5.41, 5.74) is -2.33. The fourth-order valence-corrected chi connectivity index (χ4v) is 1.58. The van der Waals surface area contributed by atoms with Crippen LogP contribution in [0, 0.1) is 13.7 Å². The molecule has 0 atom stereocenters. The standard InChI is InChI=1S/C12H20BNO2/c1-8-7-14-9(2)10(8)13-15-11(3,4)12(5,6)16-13/h7,14H,1-6H3/i1D3,2D3,7D. The monoisotopic (exact) mass is 228 g/mol. The summed E-state index contributed by atoms with van der Waals surface area (Å²) < 4.78 is 65.2. The number of H-pyrrole nitrogens is 1. The molecule has 88 valence electrons. The zero-order valence-electron chi connectivity index (χ0n) is 16.9. The fourth-order valence-electron chi connectivity index (χ4n) is 1.58. The van der Waals surface area contributed by atoms with Crippen LogP contribution in [-0.2, 0) is 9.31 Å². The smallest absolute Gasteiger partial charge is 0.399 e. The van der Waals surface area contributed by atoms with Crippen molar-refractivity contribution in [3.05, 3.63) is 17.4 Å². The Bertz CT molecular complexity index is 602. The van der Waals surface area contributed by atoms with E-state index in [4.69, 9.17) is 18.9 Å². The molecule has 0 radical (unpaired) electrons. The van der Waals surface area contributed by atoms with Gasteiger partial charge in [0.15, 0.2) is 0 Å². The number of hydrogen-bond acceptors (Lipinski definition) is 2. The molecule has 0 spiro atoms. The average Bonchev–Trinajstić information content (AvgIpc) is 2.73. The molecule has 0 bridgehead atoms. The van der Waals surface area contributed by atoms with Crippen molar-refractivity contribution in [1.29, 1.82) is 0 Å². The van der Waals surface area contributed by atoms with Gasteiger partial charge < -0.3 is 14.3 Å². The molecule has 1 aliphatic rings. The van der Waals surface area contributed by atoms with Gasteiger partial charge in [-0.2, -0.15) is 0 Å². The van der Waals surface area contributed by atoms with Gasteiger partial charge in [-0.25, -0.2) is 0 Å². The predicted molar refractivity (Wildman–Crippen MR) is 66.0 cm³/mol. The molecule has 0 unspecified atom stereocenters. The largest absolute Gasteiger partial charge is 0.496 e. The van der Waals surface area contributed by atoms with Crippen molar-refractivity contribution < 1.29 is 18.9 Å². The summed E-state index contributed by atoms with van der Waals surface area (Å²) >= 11 is 0. The van der Waals surface area contributed by atoms with Crippen molar-refractivity contribution in [3.63, 3.8) is 0 Å². The number of hydrogen-bond donors (Lipinski definition) is 1. The van der Waals surface area contributed by atoms with Crippen molar-refractivity contribution in [2.75, 3.05) is 0 Å². The normalized spacial score (nSPS) is 30.8. The second-order valence-corrected chi connectivity index (χ2v) is 5.00. The van der Waals surface area contributed by atoms with Gasteiger partial charge in [-0.15, -0.1) is 0 Å². The molecule has 3 nitrogen and oxygen atoms in total. The van der Waals surface area contributed by atoms with E-state index < -0.39 is 38.2 Å². The third kappa shape index (κ3) is 1.60. The van der Waals surface area contributed by atoms with Crippen molar-refractivity contribution in [2.45, 2.75) is 52.6 Å². The van der Waals surface area contributed by atoms with Crippen LogP contribution in [0.4, 0.5) is 0 Å². The topological polar surface area (TPSA) is 34.2 Å². The van der Waals surface area contributed by atoms with Crippen LogP contribution in [0.2, 0.25) is 0 Å². The number of aromatic amines is 1. The highest BCUT2D eigenvalue weighted by Crippen LogP contribution is 2.36. The Morgan fingerprint density at radius 1 is 1.25 bits per heavy atom. The van der Waals surface area contributed by atoms with Crippen LogP contribution in [0.1, 0.15) is 48.5 Å². The second-order valence-electron chi connectivity index (χ2n) is 5.00. The Morgan fingerprint density at radius 3 is 2.38 bits per heavy atom. The van der Waals surface area contributed by atoms with E-state index in [1.165, 1.54) is 0 Å². The van der Waals surface area contributed by atoms with E-state index in [1.54, 1.807) is 27.7 Å². The van der Waals surface area contributed by atoms with Crippen molar-refractivity contribution in [2.24, 2.45) is 0 Å². The van der Waals surface area contributed by atoms with Crippen LogP contribution < -0.4 is 5.46 Å². The van der Waals surface area contributed by atoms with Gasteiger partial charge in [0.2, 0.25) is 0 Å². The van der Waals surface area contributed by atoms with Crippen LogP contribution in [0.15, 0.2) is 6.17 Å². The number of rotatable bonds is 1. The maximum Gasteiger partial charge on any atom is 0.496 e. The second kappa shape index (κ2) is 3.38. The van der Waals surface area contributed by atoms with Crippen LogP contribution in [0.5, 0.6) is 0 Å². The lowest BCUT2D eigenvalue weighted by Gasteiger charge is -2.32. The van der Waals surface area contributed by atoms with E-state index in [2.05, 4.69) is 4.98 Å².